The van der Waals surface area contributed by atoms with E-state index in [1.807, 2.05) is 24.8 Å². The van der Waals surface area contributed by atoms with Gasteiger partial charge in [0.05, 0.1) is 23.9 Å². The van der Waals surface area contributed by atoms with Crippen LogP contribution in [0.15, 0.2) is 10.5 Å². The number of pyridine rings is 1. The minimum Gasteiger partial charge on any atom is -0.396 e. The molecule has 0 radical (unpaired) electrons. The fourth-order valence-electron chi connectivity index (χ4n) is 3.90. The SMILES string of the molecule is CC.N#Cc1cc(Br)c(C2CC2)nc1N1CCN(C(=O)CCO)C(C2CC2)C1. The lowest BCUT2D eigenvalue weighted by atomic mass is 10.1. The number of aromatic nitrogens is 1. The number of carbonyl (C=O) groups is 1. The van der Waals surface area contributed by atoms with Crippen molar-refractivity contribution in [2.45, 2.75) is 57.9 Å². The highest BCUT2D eigenvalue weighted by Crippen LogP contribution is 2.44. The number of nitrogens with zero attached hydrogens (tertiary/aromatic N) is 4. The Bertz CT molecular complexity index is 756. The van der Waals surface area contributed by atoms with E-state index in [1.54, 1.807) is 0 Å². The van der Waals surface area contributed by atoms with Crippen LogP contribution in [-0.4, -0.2) is 53.2 Å². The number of anilines is 1. The standard InChI is InChI=1S/C19H23BrN4O2.C2H6/c20-15-9-14(10-21)19(22-18(15)13-3-4-13)23-6-7-24(17(26)5-8-25)16(11-23)12-1-2-12;1-2/h9,12-13,16,25H,1-8,11H2;1-2H3. The molecule has 0 spiro atoms. The molecule has 4 rings (SSSR count). The van der Waals surface area contributed by atoms with Crippen LogP contribution in [-0.2, 0) is 4.79 Å². The van der Waals surface area contributed by atoms with Crippen molar-refractivity contribution in [2.75, 3.05) is 31.1 Å². The highest BCUT2D eigenvalue weighted by molar-refractivity contribution is 9.10. The van der Waals surface area contributed by atoms with E-state index in [0.717, 1.165) is 48.2 Å². The van der Waals surface area contributed by atoms with Gasteiger partial charge in [0.1, 0.15) is 11.9 Å². The third kappa shape index (κ3) is 4.49. The number of piperazine rings is 1. The van der Waals surface area contributed by atoms with E-state index in [0.29, 0.717) is 30.5 Å². The van der Waals surface area contributed by atoms with Crippen LogP contribution in [0.5, 0.6) is 0 Å². The average molecular weight is 449 g/mol. The molecule has 2 heterocycles. The zero-order chi connectivity index (χ0) is 20.3. The molecule has 1 atom stereocenters. The molecule has 3 fully saturated rings. The zero-order valence-corrected chi connectivity index (χ0v) is 18.3. The zero-order valence-electron chi connectivity index (χ0n) is 16.7. The first kappa shape index (κ1) is 21.1. The molecule has 0 aromatic carbocycles. The molecule has 28 heavy (non-hydrogen) atoms. The molecular weight excluding hydrogens is 420 g/mol. The Morgan fingerprint density at radius 1 is 1.32 bits per heavy atom. The molecule has 7 heteroatoms. The van der Waals surface area contributed by atoms with Crippen LogP contribution in [0.3, 0.4) is 0 Å². The first-order valence-electron chi connectivity index (χ1n) is 10.4. The van der Waals surface area contributed by atoms with Gasteiger partial charge in [-0.05, 0) is 53.6 Å². The Labute approximate surface area is 175 Å². The number of hydrogen-bond acceptors (Lipinski definition) is 5. The lowest BCUT2D eigenvalue weighted by Crippen LogP contribution is -2.56. The van der Waals surface area contributed by atoms with E-state index in [4.69, 9.17) is 10.1 Å². The summed E-state index contributed by atoms with van der Waals surface area (Å²) in [6.07, 6.45) is 4.80. The lowest BCUT2D eigenvalue weighted by molar-refractivity contribution is -0.135. The monoisotopic (exact) mass is 448 g/mol. The number of amides is 1. The first-order chi connectivity index (χ1) is 13.6. The number of carbonyl (C=O) groups excluding carboxylic acids is 1. The van der Waals surface area contributed by atoms with Crippen molar-refractivity contribution in [2.24, 2.45) is 5.92 Å². The second-order valence-electron chi connectivity index (χ2n) is 7.52. The molecule has 1 aromatic rings. The maximum atomic E-state index is 12.4. The summed E-state index contributed by atoms with van der Waals surface area (Å²) in [6, 6.07) is 4.34. The molecule has 152 valence electrons. The summed E-state index contributed by atoms with van der Waals surface area (Å²) in [5.41, 5.74) is 1.65. The third-order valence-corrected chi connectivity index (χ3v) is 6.23. The Hall–Kier alpha value is -1.65. The maximum absolute atomic E-state index is 12.4. The normalized spacial score (nSPS) is 21.6. The highest BCUT2D eigenvalue weighted by atomic mass is 79.9. The van der Waals surface area contributed by atoms with Crippen molar-refractivity contribution in [1.29, 1.82) is 5.26 Å². The summed E-state index contributed by atoms with van der Waals surface area (Å²) in [5, 5.41) is 18.7. The van der Waals surface area contributed by atoms with Crippen LogP contribution in [0.2, 0.25) is 0 Å². The highest BCUT2D eigenvalue weighted by Gasteiger charge is 2.41. The van der Waals surface area contributed by atoms with E-state index >= 15 is 0 Å². The third-order valence-electron chi connectivity index (χ3n) is 5.60. The molecule has 3 aliphatic rings. The smallest absolute Gasteiger partial charge is 0.225 e. The van der Waals surface area contributed by atoms with Gasteiger partial charge in [0, 0.05) is 36.4 Å². The number of rotatable bonds is 5. The number of aliphatic hydroxyl groups excluding tert-OH is 1. The van der Waals surface area contributed by atoms with Gasteiger partial charge in [-0.25, -0.2) is 4.98 Å². The summed E-state index contributed by atoms with van der Waals surface area (Å²) >= 11 is 3.57. The van der Waals surface area contributed by atoms with Crippen molar-refractivity contribution in [3.05, 3.63) is 21.8 Å². The largest absolute Gasteiger partial charge is 0.396 e. The molecular formula is C21H29BrN4O2. The molecule has 1 saturated heterocycles. The Kier molecular flexibility index (Phi) is 6.95. The summed E-state index contributed by atoms with van der Waals surface area (Å²) < 4.78 is 0.927. The van der Waals surface area contributed by atoms with Gasteiger partial charge in [0.15, 0.2) is 0 Å². The van der Waals surface area contributed by atoms with Crippen LogP contribution in [0.1, 0.15) is 63.1 Å². The number of hydrogen-bond donors (Lipinski definition) is 1. The number of halogens is 1. The van der Waals surface area contributed by atoms with E-state index in [1.165, 1.54) is 0 Å². The fraction of sp³-hybridized carbons (Fsp3) is 0.667. The second kappa shape index (κ2) is 9.23. The van der Waals surface area contributed by atoms with Crippen LogP contribution < -0.4 is 4.90 Å². The summed E-state index contributed by atoms with van der Waals surface area (Å²) in [4.78, 5) is 21.4. The fourth-order valence-corrected chi connectivity index (χ4v) is 4.54. The van der Waals surface area contributed by atoms with Crippen molar-refractivity contribution in [3.63, 3.8) is 0 Å². The van der Waals surface area contributed by atoms with Gasteiger partial charge in [-0.1, -0.05) is 13.8 Å². The van der Waals surface area contributed by atoms with Gasteiger partial charge < -0.3 is 14.9 Å². The van der Waals surface area contributed by atoms with E-state index in [2.05, 4.69) is 26.9 Å². The first-order valence-corrected chi connectivity index (χ1v) is 11.2. The molecule has 6 nitrogen and oxygen atoms in total. The van der Waals surface area contributed by atoms with Crippen LogP contribution >= 0.6 is 15.9 Å². The van der Waals surface area contributed by atoms with Gasteiger partial charge in [-0.15, -0.1) is 0 Å². The van der Waals surface area contributed by atoms with E-state index in [-0.39, 0.29) is 25.0 Å². The van der Waals surface area contributed by atoms with E-state index < -0.39 is 0 Å². The molecule has 1 unspecified atom stereocenters. The van der Waals surface area contributed by atoms with Crippen LogP contribution in [0, 0.1) is 17.2 Å². The van der Waals surface area contributed by atoms with Gasteiger partial charge in [-0.2, -0.15) is 5.26 Å². The number of aliphatic hydroxyl groups is 1. The van der Waals surface area contributed by atoms with E-state index in [9.17, 15) is 10.1 Å². The van der Waals surface area contributed by atoms with Crippen LogP contribution in [0.4, 0.5) is 5.82 Å². The quantitative estimate of drug-likeness (QED) is 0.745. The molecule has 1 amide bonds. The maximum Gasteiger partial charge on any atom is 0.225 e. The van der Waals surface area contributed by atoms with Gasteiger partial charge in [0.25, 0.3) is 0 Å². The lowest BCUT2D eigenvalue weighted by Gasteiger charge is -2.42. The Balaban J connectivity index is 0.00000109. The predicted molar refractivity (Wildman–Crippen MR) is 112 cm³/mol. The molecule has 1 aromatic heterocycles. The van der Waals surface area contributed by atoms with Crippen molar-refractivity contribution < 1.29 is 9.90 Å². The van der Waals surface area contributed by atoms with Crippen molar-refractivity contribution in [3.8, 4) is 6.07 Å². The topological polar surface area (TPSA) is 80.5 Å². The Morgan fingerprint density at radius 2 is 2.04 bits per heavy atom. The van der Waals surface area contributed by atoms with Gasteiger partial charge in [0.2, 0.25) is 5.91 Å². The predicted octanol–water partition coefficient (Wildman–Crippen LogP) is 3.43. The Morgan fingerprint density at radius 3 is 2.61 bits per heavy atom. The minimum atomic E-state index is -0.103. The summed E-state index contributed by atoms with van der Waals surface area (Å²) in [5.74, 6) is 1.83. The molecule has 0 bridgehead atoms. The summed E-state index contributed by atoms with van der Waals surface area (Å²) in [7, 11) is 0. The second-order valence-corrected chi connectivity index (χ2v) is 8.38. The average Bonchev–Trinajstić information content (AvgIpc) is 3.62. The molecule has 2 aliphatic carbocycles. The number of nitriles is 1. The molecule has 1 aliphatic heterocycles. The van der Waals surface area contributed by atoms with Crippen molar-refractivity contribution in [1.82, 2.24) is 9.88 Å². The minimum absolute atomic E-state index is 0.0343. The molecule has 2 saturated carbocycles. The van der Waals surface area contributed by atoms with Gasteiger partial charge in [-0.3, -0.25) is 4.79 Å². The van der Waals surface area contributed by atoms with Crippen LogP contribution in [0.25, 0.3) is 0 Å². The summed E-state index contributed by atoms with van der Waals surface area (Å²) in [6.45, 7) is 5.92. The van der Waals surface area contributed by atoms with Crippen molar-refractivity contribution >= 4 is 27.7 Å². The molecule has 1 N–H and O–H groups in total. The van der Waals surface area contributed by atoms with Gasteiger partial charge >= 0.3 is 0 Å².